The molecule has 6 heteroatoms. The van der Waals surface area contributed by atoms with Crippen LogP contribution in [-0.4, -0.2) is 13.5 Å². The van der Waals surface area contributed by atoms with Crippen molar-refractivity contribution in [1.29, 1.82) is 0 Å². The van der Waals surface area contributed by atoms with Gasteiger partial charge in [-0.3, -0.25) is 0 Å². The Kier molecular flexibility index (Phi) is 3.96. The maximum absolute atomic E-state index is 12.2. The molecule has 0 bridgehead atoms. The van der Waals surface area contributed by atoms with Crippen LogP contribution in [0.15, 0.2) is 53.4 Å². The number of anilines is 1. The van der Waals surface area contributed by atoms with Crippen LogP contribution in [0.5, 0.6) is 5.75 Å². The van der Waals surface area contributed by atoms with E-state index in [0.717, 1.165) is 5.56 Å². The molecule has 20 heavy (non-hydrogen) atoms. The second kappa shape index (κ2) is 5.52. The molecule has 0 heterocycles. The average Bonchev–Trinajstić information content (AvgIpc) is 2.42. The number of hydrogen-bond acceptors (Lipinski definition) is 4. The SMILES string of the molecule is C[C@H](NS(=O)(=O)c1ccc(O)c(N)c1)c1ccccc1. The van der Waals surface area contributed by atoms with E-state index in [0.29, 0.717) is 0 Å². The van der Waals surface area contributed by atoms with Crippen molar-refractivity contribution in [3.8, 4) is 5.75 Å². The summed E-state index contributed by atoms with van der Waals surface area (Å²) in [5, 5.41) is 9.33. The molecule has 106 valence electrons. The van der Waals surface area contributed by atoms with Crippen molar-refractivity contribution in [2.24, 2.45) is 0 Å². The Morgan fingerprint density at radius 1 is 1.15 bits per heavy atom. The normalized spacial score (nSPS) is 13.1. The van der Waals surface area contributed by atoms with Gasteiger partial charge in [-0.2, -0.15) is 0 Å². The third kappa shape index (κ3) is 3.09. The number of benzene rings is 2. The zero-order valence-electron chi connectivity index (χ0n) is 10.9. The highest BCUT2D eigenvalue weighted by Gasteiger charge is 2.19. The van der Waals surface area contributed by atoms with Gasteiger partial charge in [-0.1, -0.05) is 30.3 Å². The first-order valence-corrected chi connectivity index (χ1v) is 7.54. The highest BCUT2D eigenvalue weighted by atomic mass is 32.2. The van der Waals surface area contributed by atoms with Gasteiger partial charge in [0.15, 0.2) is 0 Å². The Morgan fingerprint density at radius 2 is 1.80 bits per heavy atom. The molecule has 0 fully saturated rings. The van der Waals surface area contributed by atoms with Gasteiger partial charge < -0.3 is 10.8 Å². The van der Waals surface area contributed by atoms with Gasteiger partial charge in [-0.05, 0) is 30.7 Å². The van der Waals surface area contributed by atoms with Crippen LogP contribution in [0.2, 0.25) is 0 Å². The minimum Gasteiger partial charge on any atom is -0.506 e. The monoisotopic (exact) mass is 292 g/mol. The van der Waals surface area contributed by atoms with Crippen molar-refractivity contribution in [3.63, 3.8) is 0 Å². The quantitative estimate of drug-likeness (QED) is 0.593. The second-order valence-corrected chi connectivity index (χ2v) is 6.19. The van der Waals surface area contributed by atoms with Crippen LogP contribution >= 0.6 is 0 Å². The lowest BCUT2D eigenvalue weighted by molar-refractivity contribution is 0.477. The van der Waals surface area contributed by atoms with Gasteiger partial charge in [0.25, 0.3) is 0 Å². The molecular weight excluding hydrogens is 276 g/mol. The summed E-state index contributed by atoms with van der Waals surface area (Å²) in [6, 6.07) is 12.7. The minimum absolute atomic E-state index is 0.0237. The van der Waals surface area contributed by atoms with Gasteiger partial charge in [-0.25, -0.2) is 13.1 Å². The third-order valence-corrected chi connectivity index (χ3v) is 4.48. The van der Waals surface area contributed by atoms with E-state index in [1.54, 1.807) is 6.92 Å². The lowest BCUT2D eigenvalue weighted by Crippen LogP contribution is -2.26. The van der Waals surface area contributed by atoms with Crippen molar-refractivity contribution in [2.75, 3.05) is 5.73 Å². The molecule has 0 amide bonds. The molecule has 0 unspecified atom stereocenters. The Hall–Kier alpha value is -2.05. The summed E-state index contributed by atoms with van der Waals surface area (Å²) in [6.45, 7) is 1.76. The van der Waals surface area contributed by atoms with Crippen LogP contribution in [0.4, 0.5) is 5.69 Å². The zero-order chi connectivity index (χ0) is 14.8. The minimum atomic E-state index is -3.69. The molecule has 0 spiro atoms. The summed E-state index contributed by atoms with van der Waals surface area (Å²) >= 11 is 0. The average molecular weight is 292 g/mol. The molecule has 1 atom stereocenters. The van der Waals surface area contributed by atoms with E-state index >= 15 is 0 Å². The van der Waals surface area contributed by atoms with Gasteiger partial charge in [0.2, 0.25) is 10.0 Å². The fraction of sp³-hybridized carbons (Fsp3) is 0.143. The van der Waals surface area contributed by atoms with Gasteiger partial charge in [0.1, 0.15) is 5.75 Å². The zero-order valence-corrected chi connectivity index (χ0v) is 11.8. The predicted molar refractivity (Wildman–Crippen MR) is 77.7 cm³/mol. The number of aromatic hydroxyl groups is 1. The molecule has 5 nitrogen and oxygen atoms in total. The summed E-state index contributed by atoms with van der Waals surface area (Å²) in [5.74, 6) is -0.139. The topological polar surface area (TPSA) is 92.4 Å². The molecule has 0 aromatic heterocycles. The van der Waals surface area contributed by atoms with Crippen molar-refractivity contribution >= 4 is 15.7 Å². The van der Waals surface area contributed by atoms with E-state index in [1.807, 2.05) is 30.3 Å². The van der Waals surface area contributed by atoms with Gasteiger partial charge in [0.05, 0.1) is 10.6 Å². The van der Waals surface area contributed by atoms with Gasteiger partial charge in [0, 0.05) is 6.04 Å². The number of phenolic OH excluding ortho intramolecular Hbond substituents is 1. The molecule has 0 aliphatic heterocycles. The van der Waals surface area contributed by atoms with E-state index in [-0.39, 0.29) is 22.4 Å². The van der Waals surface area contributed by atoms with Crippen molar-refractivity contribution in [3.05, 3.63) is 54.1 Å². The molecule has 0 saturated carbocycles. The maximum Gasteiger partial charge on any atom is 0.241 e. The van der Waals surface area contributed by atoms with Crippen LogP contribution < -0.4 is 10.5 Å². The number of hydrogen-bond donors (Lipinski definition) is 3. The van der Waals surface area contributed by atoms with Crippen LogP contribution in [-0.2, 0) is 10.0 Å². The molecule has 0 saturated heterocycles. The van der Waals surface area contributed by atoms with E-state index < -0.39 is 10.0 Å². The molecule has 0 aliphatic rings. The van der Waals surface area contributed by atoms with Crippen molar-refractivity contribution < 1.29 is 13.5 Å². The van der Waals surface area contributed by atoms with Crippen LogP contribution in [0.3, 0.4) is 0 Å². The summed E-state index contributed by atoms with van der Waals surface area (Å²) in [5.41, 5.74) is 6.41. The molecule has 2 aromatic rings. The third-order valence-electron chi connectivity index (χ3n) is 2.94. The molecule has 2 rings (SSSR count). The number of phenols is 1. The molecule has 0 radical (unpaired) electrons. The van der Waals surface area contributed by atoms with E-state index in [9.17, 15) is 13.5 Å². The molecular formula is C14H16N2O3S. The van der Waals surface area contributed by atoms with Crippen LogP contribution in [0, 0.1) is 0 Å². The summed E-state index contributed by atoms with van der Waals surface area (Å²) < 4.78 is 27.0. The number of nitrogens with two attached hydrogens (primary N) is 1. The van der Waals surface area contributed by atoms with Gasteiger partial charge in [-0.15, -0.1) is 0 Å². The lowest BCUT2D eigenvalue weighted by atomic mass is 10.1. The number of rotatable bonds is 4. The largest absolute Gasteiger partial charge is 0.506 e. The van der Waals surface area contributed by atoms with Crippen molar-refractivity contribution in [2.45, 2.75) is 17.9 Å². The maximum atomic E-state index is 12.2. The first kappa shape index (κ1) is 14.4. The summed E-state index contributed by atoms with van der Waals surface area (Å²) in [6.07, 6.45) is 0. The second-order valence-electron chi connectivity index (χ2n) is 4.47. The predicted octanol–water partition coefficient (Wildman–Crippen LogP) is 2.01. The van der Waals surface area contributed by atoms with Crippen molar-refractivity contribution in [1.82, 2.24) is 4.72 Å². The fourth-order valence-electron chi connectivity index (χ4n) is 1.81. The van der Waals surface area contributed by atoms with E-state index in [2.05, 4.69) is 4.72 Å². The Bertz CT molecular complexity index is 700. The Balaban J connectivity index is 2.25. The van der Waals surface area contributed by atoms with Gasteiger partial charge >= 0.3 is 0 Å². The number of sulfonamides is 1. The van der Waals surface area contributed by atoms with Crippen LogP contribution in [0.1, 0.15) is 18.5 Å². The first-order chi connectivity index (χ1) is 9.40. The fourth-order valence-corrected chi connectivity index (χ4v) is 3.08. The molecule has 0 aliphatic carbocycles. The summed E-state index contributed by atoms with van der Waals surface area (Å²) in [7, 11) is -3.69. The summed E-state index contributed by atoms with van der Waals surface area (Å²) in [4.78, 5) is 0.0237. The Morgan fingerprint density at radius 3 is 2.40 bits per heavy atom. The van der Waals surface area contributed by atoms with Crippen LogP contribution in [0.25, 0.3) is 0 Å². The molecule has 4 N–H and O–H groups in total. The molecule has 2 aromatic carbocycles. The standard InChI is InChI=1S/C14H16N2O3S/c1-10(11-5-3-2-4-6-11)16-20(18,19)12-7-8-14(17)13(15)9-12/h2-10,16-17H,15H2,1H3/t10-/m0/s1. The Labute approximate surface area is 118 Å². The highest BCUT2D eigenvalue weighted by Crippen LogP contribution is 2.24. The highest BCUT2D eigenvalue weighted by molar-refractivity contribution is 7.89. The lowest BCUT2D eigenvalue weighted by Gasteiger charge is -2.15. The van der Waals surface area contributed by atoms with E-state index in [4.69, 9.17) is 5.73 Å². The smallest absolute Gasteiger partial charge is 0.241 e. The first-order valence-electron chi connectivity index (χ1n) is 6.06. The van der Waals surface area contributed by atoms with E-state index in [1.165, 1.54) is 18.2 Å². The number of nitrogens with one attached hydrogen (secondary N) is 1. The number of nitrogen functional groups attached to an aromatic ring is 1.